The molecule has 0 aliphatic rings. The maximum atomic E-state index is 12.3. The van der Waals surface area contributed by atoms with Crippen LogP contribution < -0.4 is 11.1 Å². The lowest BCUT2D eigenvalue weighted by Crippen LogP contribution is -2.38. The molecule has 0 unspecified atom stereocenters. The van der Waals surface area contributed by atoms with Gasteiger partial charge in [0, 0.05) is 17.9 Å². The summed E-state index contributed by atoms with van der Waals surface area (Å²) in [5.41, 5.74) is 7.57. The van der Waals surface area contributed by atoms with Gasteiger partial charge in [-0.2, -0.15) is 0 Å². The molecule has 0 fully saturated rings. The first-order valence-electron chi connectivity index (χ1n) is 6.19. The van der Waals surface area contributed by atoms with Gasteiger partial charge in [-0.15, -0.1) is 0 Å². The largest absolute Gasteiger partial charge is 0.399 e. The second-order valence-corrected chi connectivity index (χ2v) is 4.47. The number of nitrogens with zero attached hydrogens (tertiary/aromatic N) is 1. The van der Waals surface area contributed by atoms with Gasteiger partial charge in [0.1, 0.15) is 0 Å². The van der Waals surface area contributed by atoms with Crippen LogP contribution in [0.5, 0.6) is 0 Å². The number of aliphatic hydroxyl groups excluding tert-OH is 1. The molecule has 5 nitrogen and oxygen atoms in total. The Morgan fingerprint density at radius 2 is 2.20 bits per heavy atom. The third-order valence-electron chi connectivity index (χ3n) is 2.70. The molecule has 0 aromatic heterocycles. The van der Waals surface area contributed by atoms with E-state index in [1.165, 1.54) is 4.90 Å². The molecule has 112 valence electrons. The zero-order chi connectivity index (χ0) is 15.1. The summed E-state index contributed by atoms with van der Waals surface area (Å²) in [5.74, 6) is -0.410. The van der Waals surface area contributed by atoms with Crippen molar-refractivity contribution in [2.75, 3.05) is 37.3 Å². The quantitative estimate of drug-likeness (QED) is 0.656. The van der Waals surface area contributed by atoms with Crippen LogP contribution in [-0.4, -0.2) is 48.6 Å². The monoisotopic (exact) mass is 287 g/mol. The van der Waals surface area contributed by atoms with Crippen molar-refractivity contribution < 1.29 is 18.7 Å². The number of carbonyl (C=O) groups is 1. The van der Waals surface area contributed by atoms with Crippen molar-refractivity contribution in [3.8, 4) is 0 Å². The number of aliphatic hydroxyl groups is 1. The second-order valence-electron chi connectivity index (χ2n) is 4.47. The standard InChI is InChI=1S/C13H19F2N3O2/c1-9-6-10(16)2-3-11(9)17-13(20)8-18(4-5-19)7-12(14)15/h2-3,6,12,19H,4-5,7-8,16H2,1H3,(H,17,20). The number of halogens is 2. The van der Waals surface area contributed by atoms with Gasteiger partial charge in [0.05, 0.1) is 19.7 Å². The van der Waals surface area contributed by atoms with Crippen LogP contribution in [0.1, 0.15) is 5.56 Å². The Kier molecular flexibility index (Phi) is 6.33. The minimum Gasteiger partial charge on any atom is -0.399 e. The zero-order valence-electron chi connectivity index (χ0n) is 11.3. The molecule has 7 heteroatoms. The third kappa shape index (κ3) is 5.50. The summed E-state index contributed by atoms with van der Waals surface area (Å²) in [7, 11) is 0. The van der Waals surface area contributed by atoms with E-state index in [4.69, 9.17) is 10.8 Å². The van der Waals surface area contributed by atoms with Crippen LogP contribution in [0.3, 0.4) is 0 Å². The van der Waals surface area contributed by atoms with Crippen LogP contribution in [0.4, 0.5) is 20.2 Å². The first kappa shape index (κ1) is 16.3. The van der Waals surface area contributed by atoms with E-state index >= 15 is 0 Å². The zero-order valence-corrected chi connectivity index (χ0v) is 11.3. The molecule has 0 bridgehead atoms. The molecule has 1 amide bonds. The van der Waals surface area contributed by atoms with Gasteiger partial charge >= 0.3 is 0 Å². The number of hydrogen-bond donors (Lipinski definition) is 3. The highest BCUT2D eigenvalue weighted by molar-refractivity contribution is 5.93. The van der Waals surface area contributed by atoms with Crippen molar-refractivity contribution in [3.05, 3.63) is 23.8 Å². The van der Waals surface area contributed by atoms with Gasteiger partial charge in [0.15, 0.2) is 0 Å². The molecule has 1 aromatic rings. The SMILES string of the molecule is Cc1cc(N)ccc1NC(=O)CN(CCO)CC(F)F. The van der Waals surface area contributed by atoms with Crippen molar-refractivity contribution in [2.24, 2.45) is 0 Å². The van der Waals surface area contributed by atoms with Gasteiger partial charge in [0.25, 0.3) is 6.43 Å². The van der Waals surface area contributed by atoms with E-state index in [0.29, 0.717) is 11.4 Å². The molecule has 0 aliphatic carbocycles. The minimum absolute atomic E-state index is 0.0263. The van der Waals surface area contributed by atoms with Gasteiger partial charge < -0.3 is 16.2 Å². The molecule has 0 saturated carbocycles. The van der Waals surface area contributed by atoms with E-state index in [0.717, 1.165) is 5.56 Å². The van der Waals surface area contributed by atoms with E-state index in [1.807, 2.05) is 0 Å². The Balaban J connectivity index is 2.60. The highest BCUT2D eigenvalue weighted by Crippen LogP contribution is 2.17. The highest BCUT2D eigenvalue weighted by atomic mass is 19.3. The highest BCUT2D eigenvalue weighted by Gasteiger charge is 2.15. The van der Waals surface area contributed by atoms with E-state index in [9.17, 15) is 13.6 Å². The predicted octanol–water partition coefficient (Wildman–Crippen LogP) is 1.08. The van der Waals surface area contributed by atoms with E-state index in [2.05, 4.69) is 5.32 Å². The molecule has 0 radical (unpaired) electrons. The van der Waals surface area contributed by atoms with E-state index in [1.54, 1.807) is 25.1 Å². The number of nitrogens with two attached hydrogens (primary N) is 1. The fraction of sp³-hybridized carbons (Fsp3) is 0.462. The number of nitrogen functional groups attached to an aromatic ring is 1. The number of aryl methyl sites for hydroxylation is 1. The summed E-state index contributed by atoms with van der Waals surface area (Å²) < 4.78 is 24.7. The normalized spacial score (nSPS) is 11.1. The summed E-state index contributed by atoms with van der Waals surface area (Å²) in [6.45, 7) is 0.791. The van der Waals surface area contributed by atoms with Gasteiger partial charge in [-0.3, -0.25) is 9.69 Å². The number of carbonyl (C=O) groups excluding carboxylic acids is 1. The molecule has 1 rings (SSSR count). The topological polar surface area (TPSA) is 78.6 Å². The first-order valence-corrected chi connectivity index (χ1v) is 6.19. The van der Waals surface area contributed by atoms with Gasteiger partial charge in [0.2, 0.25) is 5.91 Å². The molecule has 1 aromatic carbocycles. The number of anilines is 2. The Hall–Kier alpha value is -1.73. The second kappa shape index (κ2) is 7.76. The fourth-order valence-corrected chi connectivity index (χ4v) is 1.79. The lowest BCUT2D eigenvalue weighted by Gasteiger charge is -2.20. The fourth-order valence-electron chi connectivity index (χ4n) is 1.79. The number of alkyl halides is 2. The first-order chi connectivity index (χ1) is 9.42. The minimum atomic E-state index is -2.55. The lowest BCUT2D eigenvalue weighted by molar-refractivity contribution is -0.117. The van der Waals surface area contributed by atoms with Crippen LogP contribution in [0.2, 0.25) is 0 Å². The van der Waals surface area contributed by atoms with Crippen LogP contribution in [0.15, 0.2) is 18.2 Å². The van der Waals surface area contributed by atoms with Crippen molar-refractivity contribution in [1.29, 1.82) is 0 Å². The number of hydrogen-bond acceptors (Lipinski definition) is 4. The maximum absolute atomic E-state index is 12.3. The number of amides is 1. The van der Waals surface area contributed by atoms with Crippen molar-refractivity contribution in [2.45, 2.75) is 13.3 Å². The van der Waals surface area contributed by atoms with E-state index < -0.39 is 18.9 Å². The Morgan fingerprint density at radius 3 is 2.75 bits per heavy atom. The molecule has 0 atom stereocenters. The van der Waals surface area contributed by atoms with Crippen molar-refractivity contribution in [3.63, 3.8) is 0 Å². The van der Waals surface area contributed by atoms with Crippen LogP contribution >= 0.6 is 0 Å². The summed E-state index contributed by atoms with van der Waals surface area (Å²) in [6.07, 6.45) is -2.55. The van der Waals surface area contributed by atoms with Gasteiger partial charge in [-0.1, -0.05) is 0 Å². The summed E-state index contributed by atoms with van der Waals surface area (Å²) in [6, 6.07) is 5.01. The molecular formula is C13H19F2N3O2. The molecule has 0 aliphatic heterocycles. The van der Waals surface area contributed by atoms with Crippen LogP contribution in [0.25, 0.3) is 0 Å². The van der Waals surface area contributed by atoms with Crippen molar-refractivity contribution >= 4 is 17.3 Å². The van der Waals surface area contributed by atoms with Crippen LogP contribution in [-0.2, 0) is 4.79 Å². The molecule has 4 N–H and O–H groups in total. The smallest absolute Gasteiger partial charge is 0.251 e. The predicted molar refractivity (Wildman–Crippen MR) is 73.8 cm³/mol. The lowest BCUT2D eigenvalue weighted by atomic mass is 10.2. The number of nitrogens with one attached hydrogen (secondary N) is 1. The summed E-state index contributed by atoms with van der Waals surface area (Å²) >= 11 is 0. The molecular weight excluding hydrogens is 268 g/mol. The number of rotatable bonds is 7. The Morgan fingerprint density at radius 1 is 1.50 bits per heavy atom. The molecule has 20 heavy (non-hydrogen) atoms. The maximum Gasteiger partial charge on any atom is 0.251 e. The molecule has 0 spiro atoms. The third-order valence-corrected chi connectivity index (χ3v) is 2.70. The van der Waals surface area contributed by atoms with Crippen LogP contribution in [0, 0.1) is 6.92 Å². The van der Waals surface area contributed by atoms with Crippen molar-refractivity contribution in [1.82, 2.24) is 4.90 Å². The van der Waals surface area contributed by atoms with E-state index in [-0.39, 0.29) is 19.7 Å². The average Bonchev–Trinajstić information content (AvgIpc) is 2.32. The molecule has 0 saturated heterocycles. The Labute approximate surface area is 116 Å². The summed E-state index contributed by atoms with van der Waals surface area (Å²) in [5, 5.41) is 11.4. The van der Waals surface area contributed by atoms with Gasteiger partial charge in [-0.25, -0.2) is 8.78 Å². The molecule has 0 heterocycles. The van der Waals surface area contributed by atoms with Gasteiger partial charge in [-0.05, 0) is 30.7 Å². The number of benzene rings is 1. The Bertz CT molecular complexity index is 455. The summed E-state index contributed by atoms with van der Waals surface area (Å²) in [4.78, 5) is 13.0. The average molecular weight is 287 g/mol.